The van der Waals surface area contributed by atoms with Gasteiger partial charge in [0.15, 0.2) is 0 Å². The van der Waals surface area contributed by atoms with Gasteiger partial charge in [0, 0.05) is 13.3 Å². The summed E-state index contributed by atoms with van der Waals surface area (Å²) in [6.07, 6.45) is -0.193. The Morgan fingerprint density at radius 2 is 1.89 bits per heavy atom. The standard InChI is InChI=1S/C10H16N2O6/c1-6(13)11-5-8(14)12-7(10(16)17)3-4-9(15)18-2/h7H,3-5H2,1-2H3,(H,11,13)(H,12,14)(H,16,17). The summed E-state index contributed by atoms with van der Waals surface area (Å²) in [5.74, 6) is -2.85. The molecule has 0 aliphatic rings. The minimum atomic E-state index is -1.25. The van der Waals surface area contributed by atoms with Crippen LogP contribution in [0, 0.1) is 0 Å². The Bertz CT molecular complexity index is 341. The quantitative estimate of drug-likeness (QED) is 0.486. The summed E-state index contributed by atoms with van der Waals surface area (Å²) in [5.41, 5.74) is 0. The second kappa shape index (κ2) is 8.04. The highest BCUT2D eigenvalue weighted by atomic mass is 16.5. The number of carboxylic acids is 1. The maximum atomic E-state index is 11.3. The lowest BCUT2D eigenvalue weighted by atomic mass is 10.1. The van der Waals surface area contributed by atoms with Crippen LogP contribution < -0.4 is 10.6 Å². The monoisotopic (exact) mass is 260 g/mol. The average molecular weight is 260 g/mol. The maximum Gasteiger partial charge on any atom is 0.326 e. The molecular formula is C10H16N2O6. The molecule has 2 amide bonds. The number of rotatable bonds is 7. The van der Waals surface area contributed by atoms with E-state index in [1.807, 2.05) is 0 Å². The number of nitrogens with one attached hydrogen (secondary N) is 2. The number of carbonyl (C=O) groups excluding carboxylic acids is 3. The molecule has 0 aromatic rings. The van der Waals surface area contributed by atoms with E-state index in [4.69, 9.17) is 5.11 Å². The van der Waals surface area contributed by atoms with E-state index in [1.54, 1.807) is 0 Å². The first kappa shape index (κ1) is 15.9. The van der Waals surface area contributed by atoms with Crippen molar-refractivity contribution in [3.63, 3.8) is 0 Å². The van der Waals surface area contributed by atoms with E-state index in [0.717, 1.165) is 0 Å². The molecule has 0 aliphatic carbocycles. The fraction of sp³-hybridized carbons (Fsp3) is 0.600. The first-order valence-corrected chi connectivity index (χ1v) is 5.20. The largest absolute Gasteiger partial charge is 0.480 e. The zero-order chi connectivity index (χ0) is 14.1. The lowest BCUT2D eigenvalue weighted by Crippen LogP contribution is -2.45. The van der Waals surface area contributed by atoms with Crippen molar-refractivity contribution in [2.45, 2.75) is 25.8 Å². The van der Waals surface area contributed by atoms with Gasteiger partial charge < -0.3 is 20.5 Å². The smallest absolute Gasteiger partial charge is 0.326 e. The van der Waals surface area contributed by atoms with Crippen molar-refractivity contribution < 1.29 is 29.0 Å². The number of hydrogen-bond donors (Lipinski definition) is 3. The Hall–Kier alpha value is -2.12. The Balaban J connectivity index is 4.18. The highest BCUT2D eigenvalue weighted by molar-refractivity contribution is 5.87. The predicted octanol–water partition coefficient (Wildman–Crippen LogP) is -1.35. The topological polar surface area (TPSA) is 122 Å². The van der Waals surface area contributed by atoms with E-state index in [2.05, 4.69) is 15.4 Å². The van der Waals surface area contributed by atoms with Gasteiger partial charge in [-0.05, 0) is 6.42 Å². The van der Waals surface area contributed by atoms with Gasteiger partial charge >= 0.3 is 11.9 Å². The number of esters is 1. The molecule has 1 unspecified atom stereocenters. The van der Waals surface area contributed by atoms with Crippen LogP contribution in [0.2, 0.25) is 0 Å². The van der Waals surface area contributed by atoms with E-state index in [-0.39, 0.29) is 19.4 Å². The molecule has 3 N–H and O–H groups in total. The molecule has 0 aromatic carbocycles. The van der Waals surface area contributed by atoms with Crippen LogP contribution in [0.5, 0.6) is 0 Å². The third kappa shape index (κ3) is 7.20. The number of amides is 2. The van der Waals surface area contributed by atoms with Gasteiger partial charge in [0.05, 0.1) is 13.7 Å². The summed E-state index contributed by atoms with van der Waals surface area (Å²) in [5, 5.41) is 13.3. The lowest BCUT2D eigenvalue weighted by molar-refractivity contribution is -0.144. The van der Waals surface area contributed by atoms with E-state index >= 15 is 0 Å². The van der Waals surface area contributed by atoms with Gasteiger partial charge in [-0.3, -0.25) is 14.4 Å². The molecule has 0 aromatic heterocycles. The van der Waals surface area contributed by atoms with Crippen LogP contribution in [0.3, 0.4) is 0 Å². The van der Waals surface area contributed by atoms with Gasteiger partial charge in [-0.2, -0.15) is 0 Å². The van der Waals surface area contributed by atoms with Crippen LogP contribution in [-0.4, -0.2) is 48.6 Å². The van der Waals surface area contributed by atoms with Crippen LogP contribution in [-0.2, 0) is 23.9 Å². The van der Waals surface area contributed by atoms with Gasteiger partial charge in [-0.1, -0.05) is 0 Å². The van der Waals surface area contributed by atoms with Crippen LogP contribution in [0.4, 0.5) is 0 Å². The minimum absolute atomic E-state index is 0.0756. The van der Waals surface area contributed by atoms with Gasteiger partial charge in [0.25, 0.3) is 0 Å². The van der Waals surface area contributed by atoms with Crippen molar-refractivity contribution in [1.29, 1.82) is 0 Å². The van der Waals surface area contributed by atoms with Gasteiger partial charge in [-0.25, -0.2) is 4.79 Å². The Morgan fingerprint density at radius 3 is 2.33 bits per heavy atom. The number of aliphatic carboxylic acids is 1. The average Bonchev–Trinajstić information content (AvgIpc) is 2.30. The maximum absolute atomic E-state index is 11.3. The summed E-state index contributed by atoms with van der Waals surface area (Å²) in [4.78, 5) is 43.5. The Kier molecular flexibility index (Phi) is 7.10. The zero-order valence-electron chi connectivity index (χ0n) is 10.2. The summed E-state index contributed by atoms with van der Waals surface area (Å²) in [7, 11) is 1.19. The van der Waals surface area contributed by atoms with Gasteiger partial charge in [-0.15, -0.1) is 0 Å². The van der Waals surface area contributed by atoms with E-state index < -0.39 is 29.8 Å². The highest BCUT2D eigenvalue weighted by Gasteiger charge is 2.21. The minimum Gasteiger partial charge on any atom is -0.480 e. The summed E-state index contributed by atoms with van der Waals surface area (Å²) in [6, 6.07) is -1.19. The molecule has 1 atom stereocenters. The van der Waals surface area contributed by atoms with Crippen LogP contribution in [0.1, 0.15) is 19.8 Å². The zero-order valence-corrected chi connectivity index (χ0v) is 10.2. The fourth-order valence-corrected chi connectivity index (χ4v) is 1.07. The SMILES string of the molecule is COC(=O)CCC(NC(=O)CNC(C)=O)C(=O)O. The number of carbonyl (C=O) groups is 4. The third-order valence-electron chi connectivity index (χ3n) is 2.00. The molecule has 0 saturated heterocycles. The normalized spacial score (nSPS) is 11.2. The molecule has 0 radical (unpaired) electrons. The van der Waals surface area contributed by atoms with Gasteiger partial charge in [0.1, 0.15) is 6.04 Å². The molecule has 0 rings (SSSR count). The third-order valence-corrected chi connectivity index (χ3v) is 2.00. The first-order valence-electron chi connectivity index (χ1n) is 5.20. The van der Waals surface area contributed by atoms with E-state index in [0.29, 0.717) is 0 Å². The molecule has 8 nitrogen and oxygen atoms in total. The molecule has 102 valence electrons. The molecule has 0 bridgehead atoms. The Morgan fingerprint density at radius 1 is 1.28 bits per heavy atom. The molecule has 0 aliphatic heterocycles. The van der Waals surface area contributed by atoms with E-state index in [1.165, 1.54) is 14.0 Å². The molecule has 0 spiro atoms. The molecule has 0 fully saturated rings. The fourth-order valence-electron chi connectivity index (χ4n) is 1.07. The lowest BCUT2D eigenvalue weighted by Gasteiger charge is -2.13. The number of carboxylic acid groups (broad SMARTS) is 1. The van der Waals surface area contributed by atoms with Crippen molar-refractivity contribution in [3.8, 4) is 0 Å². The molecule has 8 heteroatoms. The summed E-state index contributed by atoms with van der Waals surface area (Å²) >= 11 is 0. The second-order valence-corrected chi connectivity index (χ2v) is 3.48. The van der Waals surface area contributed by atoms with Gasteiger partial charge in [0.2, 0.25) is 11.8 Å². The Labute approximate surface area is 104 Å². The number of ether oxygens (including phenoxy) is 1. The molecular weight excluding hydrogens is 244 g/mol. The van der Waals surface area contributed by atoms with Crippen LogP contribution in [0.25, 0.3) is 0 Å². The first-order chi connectivity index (χ1) is 8.36. The van der Waals surface area contributed by atoms with Crippen molar-refractivity contribution in [2.24, 2.45) is 0 Å². The second-order valence-electron chi connectivity index (χ2n) is 3.48. The van der Waals surface area contributed by atoms with Crippen LogP contribution >= 0.6 is 0 Å². The number of hydrogen-bond acceptors (Lipinski definition) is 5. The summed E-state index contributed by atoms with van der Waals surface area (Å²) < 4.78 is 4.36. The predicted molar refractivity (Wildman–Crippen MR) is 59.5 cm³/mol. The highest BCUT2D eigenvalue weighted by Crippen LogP contribution is 1.99. The molecule has 18 heavy (non-hydrogen) atoms. The van der Waals surface area contributed by atoms with Crippen molar-refractivity contribution in [1.82, 2.24) is 10.6 Å². The van der Waals surface area contributed by atoms with Crippen molar-refractivity contribution in [2.75, 3.05) is 13.7 Å². The summed E-state index contributed by atoms with van der Waals surface area (Å²) in [6.45, 7) is 0.927. The number of methoxy groups -OCH3 is 1. The molecule has 0 heterocycles. The van der Waals surface area contributed by atoms with Crippen LogP contribution in [0.15, 0.2) is 0 Å². The van der Waals surface area contributed by atoms with Crippen molar-refractivity contribution >= 4 is 23.8 Å². The van der Waals surface area contributed by atoms with E-state index in [9.17, 15) is 19.2 Å². The molecule has 0 saturated carbocycles. The van der Waals surface area contributed by atoms with Crippen molar-refractivity contribution in [3.05, 3.63) is 0 Å².